The fraction of sp³-hybridized carbons (Fsp3) is 0.429. The zero-order valence-electron chi connectivity index (χ0n) is 16.2. The highest BCUT2D eigenvalue weighted by Crippen LogP contribution is 2.32. The van der Waals surface area contributed by atoms with Crippen LogP contribution in [0.3, 0.4) is 0 Å². The molecule has 1 aromatic heterocycles. The van der Waals surface area contributed by atoms with Gasteiger partial charge in [0.2, 0.25) is 5.91 Å². The van der Waals surface area contributed by atoms with Gasteiger partial charge in [-0.1, -0.05) is 6.07 Å². The van der Waals surface area contributed by atoms with Crippen molar-refractivity contribution in [2.45, 2.75) is 38.8 Å². The number of ether oxygens (including phenoxy) is 1. The molecule has 0 unspecified atom stereocenters. The van der Waals surface area contributed by atoms with Crippen LogP contribution in [0.4, 0.5) is 0 Å². The van der Waals surface area contributed by atoms with Gasteiger partial charge in [-0.05, 0) is 31.0 Å². The van der Waals surface area contributed by atoms with Crippen LogP contribution in [0, 0.1) is 0 Å². The number of likely N-dealkylation sites (tertiary alicyclic amines) is 1. The lowest BCUT2D eigenvalue weighted by atomic mass is 10.1. The van der Waals surface area contributed by atoms with Gasteiger partial charge in [0.05, 0.1) is 18.8 Å². The molecule has 0 spiro atoms. The lowest BCUT2D eigenvalue weighted by Crippen LogP contribution is -2.36. The quantitative estimate of drug-likeness (QED) is 0.817. The monoisotopic (exact) mass is 380 g/mol. The number of carbonyl (C=O) groups excluding carboxylic acids is 2. The Morgan fingerprint density at radius 2 is 2.11 bits per heavy atom. The fourth-order valence-electron chi connectivity index (χ4n) is 3.96. The van der Waals surface area contributed by atoms with Crippen LogP contribution in [0.5, 0.6) is 5.75 Å². The molecule has 7 nitrogen and oxygen atoms in total. The Morgan fingerprint density at radius 3 is 2.89 bits per heavy atom. The van der Waals surface area contributed by atoms with E-state index < -0.39 is 0 Å². The second-order valence-electron chi connectivity index (χ2n) is 7.28. The maximum Gasteiger partial charge on any atom is 0.254 e. The van der Waals surface area contributed by atoms with Gasteiger partial charge in [-0.25, -0.2) is 9.97 Å². The summed E-state index contributed by atoms with van der Waals surface area (Å²) in [7, 11) is 1.59. The summed E-state index contributed by atoms with van der Waals surface area (Å²) in [5.41, 5.74) is 2.60. The van der Waals surface area contributed by atoms with Gasteiger partial charge in [0, 0.05) is 50.3 Å². The van der Waals surface area contributed by atoms with Crippen molar-refractivity contribution in [1.29, 1.82) is 0 Å². The van der Waals surface area contributed by atoms with Gasteiger partial charge in [-0.2, -0.15) is 0 Å². The van der Waals surface area contributed by atoms with E-state index in [1.165, 1.54) is 0 Å². The summed E-state index contributed by atoms with van der Waals surface area (Å²) in [6, 6.07) is 7.11. The number of fused-ring (bicyclic) bond motifs is 1. The Kier molecular flexibility index (Phi) is 4.98. The first-order valence-electron chi connectivity index (χ1n) is 9.62. The van der Waals surface area contributed by atoms with E-state index in [1.807, 2.05) is 29.3 Å². The third kappa shape index (κ3) is 3.44. The highest BCUT2D eigenvalue weighted by molar-refractivity contribution is 5.95. The standard InChI is InChI=1S/C21H24N4O3/c1-14(26)24-10-8-18-16(13-24)12-22-20(23-18)19-7-4-9-25(19)21(27)15-5-3-6-17(11-15)28-2/h3,5-6,11-12,19H,4,7-10,13H2,1-2H3/t19-/m1/s1. The van der Waals surface area contributed by atoms with Crippen LogP contribution in [0.2, 0.25) is 0 Å². The maximum absolute atomic E-state index is 13.1. The number of carbonyl (C=O) groups is 2. The summed E-state index contributed by atoms with van der Waals surface area (Å²) >= 11 is 0. The van der Waals surface area contributed by atoms with Gasteiger partial charge in [-0.3, -0.25) is 9.59 Å². The number of rotatable bonds is 3. The minimum absolute atomic E-state index is 0.0227. The van der Waals surface area contributed by atoms with E-state index in [-0.39, 0.29) is 17.9 Å². The van der Waals surface area contributed by atoms with Crippen molar-refractivity contribution >= 4 is 11.8 Å². The molecule has 3 heterocycles. The van der Waals surface area contributed by atoms with E-state index in [1.54, 1.807) is 25.0 Å². The molecule has 2 aliphatic rings. The Bertz CT molecular complexity index is 914. The summed E-state index contributed by atoms with van der Waals surface area (Å²) in [6.07, 6.45) is 4.33. The topological polar surface area (TPSA) is 75.6 Å². The van der Waals surface area contributed by atoms with Crippen molar-refractivity contribution in [3.05, 3.63) is 53.1 Å². The molecule has 2 amide bonds. The van der Waals surface area contributed by atoms with Crippen molar-refractivity contribution in [3.8, 4) is 5.75 Å². The lowest BCUT2D eigenvalue weighted by Gasteiger charge is -2.28. The summed E-state index contributed by atoms with van der Waals surface area (Å²) in [5.74, 6) is 1.41. The zero-order chi connectivity index (χ0) is 19.7. The van der Waals surface area contributed by atoms with Crippen molar-refractivity contribution in [2.24, 2.45) is 0 Å². The highest BCUT2D eigenvalue weighted by atomic mass is 16.5. The van der Waals surface area contributed by atoms with Gasteiger partial charge in [0.25, 0.3) is 5.91 Å². The van der Waals surface area contributed by atoms with Gasteiger partial charge in [0.1, 0.15) is 5.75 Å². The van der Waals surface area contributed by atoms with E-state index >= 15 is 0 Å². The van der Waals surface area contributed by atoms with Crippen molar-refractivity contribution < 1.29 is 14.3 Å². The van der Waals surface area contributed by atoms with Gasteiger partial charge >= 0.3 is 0 Å². The molecule has 0 bridgehead atoms. The minimum Gasteiger partial charge on any atom is -0.497 e. The average molecular weight is 380 g/mol. The van der Waals surface area contributed by atoms with Crippen LogP contribution in [0.1, 0.15) is 53.2 Å². The minimum atomic E-state index is -0.116. The largest absolute Gasteiger partial charge is 0.497 e. The number of amides is 2. The third-order valence-corrected chi connectivity index (χ3v) is 5.53. The maximum atomic E-state index is 13.1. The molecule has 1 fully saturated rings. The van der Waals surface area contributed by atoms with Crippen LogP contribution in [0.25, 0.3) is 0 Å². The van der Waals surface area contributed by atoms with Crippen LogP contribution in [-0.2, 0) is 17.8 Å². The number of aromatic nitrogens is 2. The Balaban J connectivity index is 1.57. The van der Waals surface area contributed by atoms with E-state index in [2.05, 4.69) is 4.98 Å². The first-order chi connectivity index (χ1) is 13.6. The van der Waals surface area contributed by atoms with Gasteiger partial charge in [0.15, 0.2) is 5.82 Å². The zero-order valence-corrected chi connectivity index (χ0v) is 16.2. The number of hydrogen-bond acceptors (Lipinski definition) is 5. The van der Waals surface area contributed by atoms with E-state index in [0.29, 0.717) is 36.8 Å². The predicted octanol–water partition coefficient (Wildman–Crippen LogP) is 2.37. The Hall–Kier alpha value is -2.96. The number of nitrogens with zero attached hydrogens (tertiary/aromatic N) is 4. The summed E-state index contributed by atoms with van der Waals surface area (Å²) in [5, 5.41) is 0. The smallest absolute Gasteiger partial charge is 0.254 e. The first-order valence-corrected chi connectivity index (χ1v) is 9.62. The van der Waals surface area contributed by atoms with Gasteiger partial charge in [-0.15, -0.1) is 0 Å². The Labute approximate surface area is 164 Å². The molecule has 7 heteroatoms. The van der Waals surface area contributed by atoms with Crippen LogP contribution < -0.4 is 4.74 Å². The molecule has 1 atom stereocenters. The highest BCUT2D eigenvalue weighted by Gasteiger charge is 2.33. The lowest BCUT2D eigenvalue weighted by molar-refractivity contribution is -0.129. The van der Waals surface area contributed by atoms with Crippen LogP contribution >= 0.6 is 0 Å². The first kappa shape index (κ1) is 18.4. The average Bonchev–Trinajstić information content (AvgIpc) is 3.22. The molecule has 146 valence electrons. The molecule has 1 saturated heterocycles. The SMILES string of the molecule is COc1cccc(C(=O)N2CCC[C@@H]2c2ncc3c(n2)CCN(C(C)=O)C3)c1. The van der Waals surface area contributed by atoms with E-state index in [0.717, 1.165) is 30.5 Å². The summed E-state index contributed by atoms with van der Waals surface area (Å²) in [6.45, 7) is 3.51. The predicted molar refractivity (Wildman–Crippen MR) is 103 cm³/mol. The molecule has 0 N–H and O–H groups in total. The summed E-state index contributed by atoms with van der Waals surface area (Å²) < 4.78 is 5.24. The molecule has 0 saturated carbocycles. The molecule has 28 heavy (non-hydrogen) atoms. The third-order valence-electron chi connectivity index (χ3n) is 5.53. The number of methoxy groups -OCH3 is 1. The molecule has 4 rings (SSSR count). The van der Waals surface area contributed by atoms with Crippen molar-refractivity contribution in [1.82, 2.24) is 19.8 Å². The molecule has 2 aliphatic heterocycles. The van der Waals surface area contributed by atoms with Crippen LogP contribution in [-0.4, -0.2) is 51.8 Å². The van der Waals surface area contributed by atoms with E-state index in [9.17, 15) is 9.59 Å². The molecule has 0 aliphatic carbocycles. The molecule has 0 radical (unpaired) electrons. The Morgan fingerprint density at radius 1 is 1.25 bits per heavy atom. The fourth-order valence-corrected chi connectivity index (χ4v) is 3.96. The molecule has 2 aromatic rings. The van der Waals surface area contributed by atoms with E-state index in [4.69, 9.17) is 9.72 Å². The second kappa shape index (κ2) is 7.58. The van der Waals surface area contributed by atoms with Crippen molar-refractivity contribution in [3.63, 3.8) is 0 Å². The van der Waals surface area contributed by atoms with Crippen LogP contribution in [0.15, 0.2) is 30.5 Å². The number of benzene rings is 1. The van der Waals surface area contributed by atoms with Gasteiger partial charge < -0.3 is 14.5 Å². The normalized spacial score (nSPS) is 18.7. The molecular formula is C21H24N4O3. The summed E-state index contributed by atoms with van der Waals surface area (Å²) in [4.78, 5) is 37.7. The molecule has 1 aromatic carbocycles. The number of hydrogen-bond donors (Lipinski definition) is 0. The second-order valence-corrected chi connectivity index (χ2v) is 7.28. The van der Waals surface area contributed by atoms with Crippen molar-refractivity contribution in [2.75, 3.05) is 20.2 Å². The molecular weight excluding hydrogens is 356 g/mol.